The van der Waals surface area contributed by atoms with Crippen molar-refractivity contribution in [3.05, 3.63) is 35.4 Å². The van der Waals surface area contributed by atoms with E-state index < -0.39 is 17.6 Å². The van der Waals surface area contributed by atoms with E-state index in [1.54, 1.807) is 4.90 Å². The van der Waals surface area contributed by atoms with Gasteiger partial charge in [0.05, 0.1) is 0 Å². The molecule has 19 heavy (non-hydrogen) atoms. The summed E-state index contributed by atoms with van der Waals surface area (Å²) in [6.07, 6.45) is 2.00. The summed E-state index contributed by atoms with van der Waals surface area (Å²) in [5.41, 5.74) is 0.103. The van der Waals surface area contributed by atoms with Gasteiger partial charge in [-0.3, -0.25) is 0 Å². The van der Waals surface area contributed by atoms with E-state index >= 15 is 0 Å². The first kappa shape index (κ1) is 15.1. The van der Waals surface area contributed by atoms with E-state index in [2.05, 4.69) is 0 Å². The van der Waals surface area contributed by atoms with Gasteiger partial charge in [-0.15, -0.1) is 0 Å². The Balaban J connectivity index is 3.20. The summed E-state index contributed by atoms with van der Waals surface area (Å²) >= 11 is 0. The van der Waals surface area contributed by atoms with Crippen LogP contribution < -0.4 is 4.90 Å². The Kier molecular flexibility index (Phi) is 5.03. The van der Waals surface area contributed by atoms with Crippen molar-refractivity contribution in [3.8, 4) is 0 Å². The number of carboxylic acids is 1. The minimum atomic E-state index is -1.16. The maximum Gasteiger partial charge on any atom is 0.328 e. The molecule has 0 bridgehead atoms. The van der Waals surface area contributed by atoms with Crippen LogP contribution in [0.5, 0.6) is 0 Å². The van der Waals surface area contributed by atoms with Crippen molar-refractivity contribution in [2.45, 2.75) is 26.8 Å². The topological polar surface area (TPSA) is 40.5 Å². The summed E-state index contributed by atoms with van der Waals surface area (Å²) in [7, 11) is 0. The smallest absolute Gasteiger partial charge is 0.328 e. The molecular weight excluding hydrogens is 252 g/mol. The zero-order chi connectivity index (χ0) is 14.6. The molecular formula is C14H17F2NO2. The molecule has 0 amide bonds. The van der Waals surface area contributed by atoms with E-state index in [9.17, 15) is 13.6 Å². The number of halogens is 2. The highest BCUT2D eigenvalue weighted by Crippen LogP contribution is 2.27. The minimum Gasteiger partial charge on any atom is -0.478 e. The standard InChI is InChI=1S/C14H17F2NO2/c1-4-17(9(2)3)14-11(15)7-10(8-12(14)16)5-6-13(18)19/h5-9H,4H2,1-3H3,(H,18,19)/b6-5+. The van der Waals surface area contributed by atoms with Crippen LogP contribution in [0.4, 0.5) is 14.5 Å². The predicted octanol–water partition coefficient (Wildman–Crippen LogP) is 3.30. The summed E-state index contributed by atoms with van der Waals surface area (Å²) in [4.78, 5) is 12.0. The van der Waals surface area contributed by atoms with E-state index in [0.29, 0.717) is 6.54 Å². The predicted molar refractivity (Wildman–Crippen MR) is 71.2 cm³/mol. The van der Waals surface area contributed by atoms with E-state index in [-0.39, 0.29) is 17.3 Å². The van der Waals surface area contributed by atoms with Gasteiger partial charge in [-0.1, -0.05) is 0 Å². The van der Waals surface area contributed by atoms with E-state index in [0.717, 1.165) is 24.3 Å². The number of carbonyl (C=O) groups is 1. The highest BCUT2D eigenvalue weighted by molar-refractivity contribution is 5.85. The normalized spacial score (nSPS) is 11.3. The van der Waals surface area contributed by atoms with Gasteiger partial charge in [-0.25, -0.2) is 13.6 Å². The van der Waals surface area contributed by atoms with Crippen molar-refractivity contribution in [2.75, 3.05) is 11.4 Å². The van der Waals surface area contributed by atoms with Gasteiger partial charge >= 0.3 is 5.97 Å². The van der Waals surface area contributed by atoms with Gasteiger partial charge in [-0.05, 0) is 44.5 Å². The second-order valence-electron chi connectivity index (χ2n) is 4.38. The molecule has 5 heteroatoms. The second-order valence-corrected chi connectivity index (χ2v) is 4.38. The van der Waals surface area contributed by atoms with E-state index in [4.69, 9.17) is 5.11 Å². The fraction of sp³-hybridized carbons (Fsp3) is 0.357. The van der Waals surface area contributed by atoms with Gasteiger partial charge in [0.1, 0.15) is 17.3 Å². The molecule has 0 saturated heterocycles. The van der Waals surface area contributed by atoms with Crippen molar-refractivity contribution >= 4 is 17.7 Å². The summed E-state index contributed by atoms with van der Waals surface area (Å²) in [5, 5.41) is 8.48. The molecule has 1 aromatic rings. The number of benzene rings is 1. The molecule has 0 radical (unpaired) electrons. The van der Waals surface area contributed by atoms with Crippen molar-refractivity contribution < 1.29 is 18.7 Å². The van der Waals surface area contributed by atoms with Crippen molar-refractivity contribution in [3.63, 3.8) is 0 Å². The molecule has 0 fully saturated rings. The molecule has 0 heterocycles. The number of nitrogens with zero attached hydrogens (tertiary/aromatic N) is 1. The molecule has 0 aromatic heterocycles. The lowest BCUT2D eigenvalue weighted by molar-refractivity contribution is -0.131. The number of hydrogen-bond acceptors (Lipinski definition) is 2. The molecule has 0 aliphatic carbocycles. The maximum atomic E-state index is 14.0. The summed E-state index contributed by atoms with van der Waals surface area (Å²) in [5.74, 6) is -2.55. The van der Waals surface area contributed by atoms with Crippen LogP contribution in [0.3, 0.4) is 0 Å². The summed E-state index contributed by atoms with van der Waals surface area (Å²) in [6, 6.07) is 2.22. The SMILES string of the molecule is CCN(c1c(F)cc(/C=C/C(=O)O)cc1F)C(C)C. The summed E-state index contributed by atoms with van der Waals surface area (Å²) in [6.45, 7) is 5.99. The number of carboxylic acid groups (broad SMARTS) is 1. The van der Waals surface area contributed by atoms with Crippen LogP contribution in [0.2, 0.25) is 0 Å². The number of aliphatic carboxylic acids is 1. The number of rotatable bonds is 5. The third-order valence-electron chi connectivity index (χ3n) is 2.71. The second kappa shape index (κ2) is 6.31. The average molecular weight is 269 g/mol. The first-order valence-corrected chi connectivity index (χ1v) is 6.03. The Morgan fingerprint density at radius 1 is 1.37 bits per heavy atom. The van der Waals surface area contributed by atoms with Gasteiger partial charge in [0, 0.05) is 18.7 Å². The molecule has 1 rings (SSSR count). The Bertz CT molecular complexity index is 475. The summed E-state index contributed by atoms with van der Waals surface area (Å²) < 4.78 is 27.9. The first-order chi connectivity index (χ1) is 8.86. The monoisotopic (exact) mass is 269 g/mol. The van der Waals surface area contributed by atoms with Crippen LogP contribution in [0, 0.1) is 11.6 Å². The van der Waals surface area contributed by atoms with Crippen LogP contribution in [0.25, 0.3) is 6.08 Å². The highest BCUT2D eigenvalue weighted by Gasteiger charge is 2.18. The molecule has 0 spiro atoms. The quantitative estimate of drug-likeness (QED) is 0.834. The molecule has 3 nitrogen and oxygen atoms in total. The zero-order valence-corrected chi connectivity index (χ0v) is 11.2. The van der Waals surface area contributed by atoms with Gasteiger partial charge in [0.25, 0.3) is 0 Å². The van der Waals surface area contributed by atoms with Gasteiger partial charge in [-0.2, -0.15) is 0 Å². The van der Waals surface area contributed by atoms with Crippen molar-refractivity contribution in [2.24, 2.45) is 0 Å². The van der Waals surface area contributed by atoms with Crippen LogP contribution in [0.15, 0.2) is 18.2 Å². The van der Waals surface area contributed by atoms with Crippen molar-refractivity contribution in [1.82, 2.24) is 0 Å². The van der Waals surface area contributed by atoms with Gasteiger partial charge in [0.15, 0.2) is 0 Å². The molecule has 1 N–H and O–H groups in total. The lowest BCUT2D eigenvalue weighted by Crippen LogP contribution is -2.32. The maximum absolute atomic E-state index is 14.0. The fourth-order valence-electron chi connectivity index (χ4n) is 1.90. The molecule has 0 aliphatic heterocycles. The largest absolute Gasteiger partial charge is 0.478 e. The van der Waals surface area contributed by atoms with Crippen LogP contribution >= 0.6 is 0 Å². The molecule has 104 valence electrons. The molecule has 1 aromatic carbocycles. The van der Waals surface area contributed by atoms with Crippen molar-refractivity contribution in [1.29, 1.82) is 0 Å². The molecule has 0 unspecified atom stereocenters. The number of anilines is 1. The molecule has 0 aliphatic rings. The zero-order valence-electron chi connectivity index (χ0n) is 11.2. The molecule has 0 atom stereocenters. The minimum absolute atomic E-state index is 0.0330. The van der Waals surface area contributed by atoms with Crippen LogP contribution in [-0.2, 0) is 4.79 Å². The Hall–Kier alpha value is -1.91. The van der Waals surface area contributed by atoms with Gasteiger partial charge in [0.2, 0.25) is 0 Å². The fourth-order valence-corrected chi connectivity index (χ4v) is 1.90. The Morgan fingerprint density at radius 2 is 1.89 bits per heavy atom. The average Bonchev–Trinajstić information content (AvgIpc) is 2.30. The van der Waals surface area contributed by atoms with Crippen LogP contribution in [-0.4, -0.2) is 23.7 Å². The lowest BCUT2D eigenvalue weighted by atomic mass is 10.1. The van der Waals surface area contributed by atoms with Crippen LogP contribution in [0.1, 0.15) is 26.3 Å². The Labute approximate surface area is 111 Å². The highest BCUT2D eigenvalue weighted by atomic mass is 19.1. The number of hydrogen-bond donors (Lipinski definition) is 1. The first-order valence-electron chi connectivity index (χ1n) is 6.03. The van der Waals surface area contributed by atoms with E-state index in [1.165, 1.54) is 0 Å². The van der Waals surface area contributed by atoms with E-state index in [1.807, 2.05) is 20.8 Å². The third-order valence-corrected chi connectivity index (χ3v) is 2.71. The molecule has 0 saturated carbocycles. The lowest BCUT2D eigenvalue weighted by Gasteiger charge is -2.28. The Morgan fingerprint density at radius 3 is 2.26 bits per heavy atom. The van der Waals surface area contributed by atoms with Gasteiger partial charge < -0.3 is 10.0 Å². The third kappa shape index (κ3) is 3.77.